The first-order valence-electron chi connectivity index (χ1n) is 5.29. The van der Waals surface area contributed by atoms with Crippen LogP contribution in [0.3, 0.4) is 0 Å². The average molecular weight is 189 g/mol. The van der Waals surface area contributed by atoms with E-state index >= 15 is 0 Å². The zero-order chi connectivity index (χ0) is 10.2. The van der Waals surface area contributed by atoms with Crippen LogP contribution in [0.25, 0.3) is 0 Å². The molecule has 0 N–H and O–H groups in total. The number of carbonyl (C=O) groups excluding carboxylic acids is 1. The van der Waals surface area contributed by atoms with Crippen molar-refractivity contribution in [2.45, 2.75) is 39.0 Å². The molecule has 2 aliphatic rings. The molecule has 0 heterocycles. The van der Waals surface area contributed by atoms with Crippen LogP contribution in [-0.2, 0) is 4.79 Å². The molecular formula is C12H15NO. The second-order valence-corrected chi connectivity index (χ2v) is 4.55. The molecule has 0 aliphatic heterocycles. The Kier molecular flexibility index (Phi) is 2.19. The molecule has 2 aliphatic carbocycles. The average Bonchev–Trinajstić information content (AvgIpc) is 2.18. The van der Waals surface area contributed by atoms with Crippen molar-refractivity contribution in [1.29, 1.82) is 5.26 Å². The second kappa shape index (κ2) is 3.24. The summed E-state index contributed by atoms with van der Waals surface area (Å²) in [4.78, 5) is 11.8. The number of carbonyl (C=O) groups is 1. The first kappa shape index (κ1) is 9.45. The van der Waals surface area contributed by atoms with Crippen LogP contribution >= 0.6 is 0 Å². The highest BCUT2D eigenvalue weighted by Gasteiger charge is 2.48. The highest BCUT2D eigenvalue weighted by molar-refractivity contribution is 5.89. The van der Waals surface area contributed by atoms with Crippen molar-refractivity contribution in [2.24, 2.45) is 11.3 Å². The molecule has 1 fully saturated rings. The fourth-order valence-electron chi connectivity index (χ4n) is 2.77. The van der Waals surface area contributed by atoms with Gasteiger partial charge in [-0.15, -0.1) is 0 Å². The van der Waals surface area contributed by atoms with Crippen molar-refractivity contribution in [1.82, 2.24) is 0 Å². The van der Waals surface area contributed by atoms with Gasteiger partial charge in [0.05, 0.1) is 6.07 Å². The summed E-state index contributed by atoms with van der Waals surface area (Å²) in [7, 11) is 0. The van der Waals surface area contributed by atoms with Gasteiger partial charge in [0.25, 0.3) is 0 Å². The largest absolute Gasteiger partial charge is 0.298 e. The maximum atomic E-state index is 11.8. The summed E-state index contributed by atoms with van der Waals surface area (Å²) >= 11 is 0. The molecule has 74 valence electrons. The lowest BCUT2D eigenvalue weighted by molar-refractivity contribution is -0.131. The summed E-state index contributed by atoms with van der Waals surface area (Å²) in [6.07, 6.45) is 6.29. The van der Waals surface area contributed by atoms with E-state index in [1.165, 1.54) is 5.57 Å². The monoisotopic (exact) mass is 189 g/mol. The van der Waals surface area contributed by atoms with E-state index in [2.05, 4.69) is 19.1 Å². The van der Waals surface area contributed by atoms with Gasteiger partial charge in [0.1, 0.15) is 5.41 Å². The van der Waals surface area contributed by atoms with Crippen LogP contribution < -0.4 is 0 Å². The summed E-state index contributed by atoms with van der Waals surface area (Å²) in [6.45, 7) is 2.10. The van der Waals surface area contributed by atoms with Crippen LogP contribution in [0.1, 0.15) is 39.0 Å². The highest BCUT2D eigenvalue weighted by atomic mass is 16.1. The van der Waals surface area contributed by atoms with Crippen LogP contribution in [0.2, 0.25) is 0 Å². The van der Waals surface area contributed by atoms with Crippen molar-refractivity contribution in [2.75, 3.05) is 0 Å². The number of ketones is 1. The molecule has 2 rings (SSSR count). The molecule has 0 radical (unpaired) electrons. The number of hydrogen-bond acceptors (Lipinski definition) is 2. The van der Waals surface area contributed by atoms with E-state index in [0.717, 1.165) is 19.3 Å². The number of Topliss-reactive ketones (excluding diaryl/α,β-unsaturated/α-hetero) is 1. The number of nitriles is 1. The number of allylic oxidation sites excluding steroid dienone is 2. The predicted octanol–water partition coefficient (Wildman–Crippen LogP) is 2.61. The lowest BCUT2D eigenvalue weighted by Crippen LogP contribution is -2.42. The molecule has 0 saturated heterocycles. The minimum atomic E-state index is -0.655. The minimum Gasteiger partial charge on any atom is -0.298 e. The minimum absolute atomic E-state index is 0.181. The summed E-state index contributed by atoms with van der Waals surface area (Å²) in [5.41, 5.74) is 0.688. The molecule has 2 heteroatoms. The van der Waals surface area contributed by atoms with E-state index < -0.39 is 5.41 Å². The van der Waals surface area contributed by atoms with Gasteiger partial charge in [-0.2, -0.15) is 5.26 Å². The van der Waals surface area contributed by atoms with Crippen LogP contribution in [0.4, 0.5) is 0 Å². The fourth-order valence-corrected chi connectivity index (χ4v) is 2.77. The third-order valence-corrected chi connectivity index (χ3v) is 3.69. The van der Waals surface area contributed by atoms with E-state index in [1.807, 2.05) is 0 Å². The van der Waals surface area contributed by atoms with Crippen molar-refractivity contribution in [3.05, 3.63) is 11.6 Å². The fraction of sp³-hybridized carbons (Fsp3) is 0.667. The number of nitrogens with zero attached hydrogens (tertiary/aromatic N) is 1. The molecule has 0 bridgehead atoms. The van der Waals surface area contributed by atoms with Crippen molar-refractivity contribution >= 4 is 5.78 Å². The van der Waals surface area contributed by atoms with E-state index in [9.17, 15) is 10.1 Å². The van der Waals surface area contributed by atoms with E-state index in [1.54, 1.807) is 0 Å². The van der Waals surface area contributed by atoms with Gasteiger partial charge in [0, 0.05) is 6.42 Å². The second-order valence-electron chi connectivity index (χ2n) is 4.55. The third-order valence-electron chi connectivity index (χ3n) is 3.69. The lowest BCUT2D eigenvalue weighted by Gasteiger charge is -2.40. The molecule has 0 unspecified atom stereocenters. The Morgan fingerprint density at radius 2 is 2.43 bits per heavy atom. The molecule has 0 aromatic carbocycles. The number of hydrogen-bond donors (Lipinski definition) is 0. The molecule has 2 atom stereocenters. The van der Waals surface area contributed by atoms with Gasteiger partial charge in [-0.1, -0.05) is 11.6 Å². The first-order valence-corrected chi connectivity index (χ1v) is 5.29. The molecule has 0 aromatic rings. The SMILES string of the molecule is CC1=CC[C@]2(C#N)C(=O)CCC[C@@H]2C1. The third kappa shape index (κ3) is 1.19. The van der Waals surface area contributed by atoms with Gasteiger partial charge in [0.2, 0.25) is 0 Å². The Morgan fingerprint density at radius 1 is 1.64 bits per heavy atom. The number of fused-ring (bicyclic) bond motifs is 1. The van der Waals surface area contributed by atoms with Crippen molar-refractivity contribution in [3.8, 4) is 6.07 Å². The molecule has 0 spiro atoms. The molecule has 0 amide bonds. The summed E-state index contributed by atoms with van der Waals surface area (Å²) in [6, 6.07) is 2.30. The first-order chi connectivity index (χ1) is 6.69. The molecule has 2 nitrogen and oxygen atoms in total. The normalized spacial score (nSPS) is 37.0. The van der Waals surface area contributed by atoms with E-state index in [-0.39, 0.29) is 5.78 Å². The van der Waals surface area contributed by atoms with Gasteiger partial charge in [0.15, 0.2) is 5.78 Å². The quantitative estimate of drug-likeness (QED) is 0.549. The summed E-state index contributed by atoms with van der Waals surface area (Å²) < 4.78 is 0. The highest BCUT2D eigenvalue weighted by Crippen LogP contribution is 2.47. The van der Waals surface area contributed by atoms with E-state index in [4.69, 9.17) is 0 Å². The Balaban J connectivity index is 2.37. The lowest BCUT2D eigenvalue weighted by atomic mass is 9.60. The Labute approximate surface area is 84.6 Å². The molecule has 1 saturated carbocycles. The smallest absolute Gasteiger partial charge is 0.153 e. The van der Waals surface area contributed by atoms with Crippen LogP contribution in [0.5, 0.6) is 0 Å². The van der Waals surface area contributed by atoms with Gasteiger partial charge >= 0.3 is 0 Å². The molecular weight excluding hydrogens is 174 g/mol. The summed E-state index contributed by atoms with van der Waals surface area (Å²) in [5, 5.41) is 9.23. The van der Waals surface area contributed by atoms with Crippen molar-refractivity contribution < 1.29 is 4.79 Å². The van der Waals surface area contributed by atoms with E-state index in [0.29, 0.717) is 18.8 Å². The van der Waals surface area contributed by atoms with Gasteiger partial charge in [-0.3, -0.25) is 4.79 Å². The van der Waals surface area contributed by atoms with Gasteiger partial charge < -0.3 is 0 Å². The maximum absolute atomic E-state index is 11.8. The zero-order valence-corrected chi connectivity index (χ0v) is 8.55. The molecule has 0 aromatic heterocycles. The standard InChI is InChI=1S/C12H15NO/c1-9-5-6-12(8-13)10(7-9)3-2-4-11(12)14/h5,10H,2-4,6-7H2,1H3/t10-,12-/m1/s1. The Hall–Kier alpha value is -1.10. The zero-order valence-electron chi connectivity index (χ0n) is 8.55. The molecule has 14 heavy (non-hydrogen) atoms. The summed E-state index contributed by atoms with van der Waals surface area (Å²) in [5.74, 6) is 0.471. The Morgan fingerprint density at radius 3 is 3.14 bits per heavy atom. The van der Waals surface area contributed by atoms with Crippen LogP contribution in [0.15, 0.2) is 11.6 Å². The maximum Gasteiger partial charge on any atom is 0.153 e. The van der Waals surface area contributed by atoms with Gasteiger partial charge in [-0.05, 0) is 38.5 Å². The number of rotatable bonds is 0. The predicted molar refractivity (Wildman–Crippen MR) is 53.4 cm³/mol. The topological polar surface area (TPSA) is 40.9 Å². The Bertz CT molecular complexity index is 337. The van der Waals surface area contributed by atoms with Crippen LogP contribution in [-0.4, -0.2) is 5.78 Å². The van der Waals surface area contributed by atoms with Gasteiger partial charge in [-0.25, -0.2) is 0 Å². The van der Waals surface area contributed by atoms with Crippen LogP contribution in [0, 0.1) is 22.7 Å². The van der Waals surface area contributed by atoms with Crippen molar-refractivity contribution in [3.63, 3.8) is 0 Å².